The minimum atomic E-state index is -3.99. The minimum Gasteiger partial charge on any atom is -0.281 e. The molecule has 1 aliphatic carbocycles. The Labute approximate surface area is 131 Å². The summed E-state index contributed by atoms with van der Waals surface area (Å²) in [6.45, 7) is 0. The minimum absolute atomic E-state index is 0.00475. The van der Waals surface area contributed by atoms with Gasteiger partial charge < -0.3 is 0 Å². The molecule has 0 heterocycles. The molecule has 0 unspecified atom stereocenters. The Balaban J connectivity index is 2.33. The molecule has 0 bridgehead atoms. The third-order valence-electron chi connectivity index (χ3n) is 2.71. The van der Waals surface area contributed by atoms with Crippen molar-refractivity contribution in [1.82, 2.24) is 0 Å². The smallest absolute Gasteiger partial charge is 0.261 e. The molecule has 1 aliphatic rings. The maximum Gasteiger partial charge on any atom is 0.261 e. The zero-order chi connectivity index (χ0) is 15.1. The van der Waals surface area contributed by atoms with Crippen LogP contribution < -0.4 is 4.72 Å². The normalized spacial score (nSPS) is 16.1. The van der Waals surface area contributed by atoms with Crippen LogP contribution in [0.4, 0.5) is 5.69 Å². The Kier molecular flexibility index (Phi) is 4.47. The van der Waals surface area contributed by atoms with Crippen molar-refractivity contribution in [3.8, 4) is 0 Å². The van der Waals surface area contributed by atoms with Gasteiger partial charge in [0.25, 0.3) is 9.05 Å². The van der Waals surface area contributed by atoms with Crippen LogP contribution in [0.3, 0.4) is 0 Å². The van der Waals surface area contributed by atoms with E-state index in [0.717, 1.165) is 25.0 Å². The molecule has 0 radical (unpaired) electrons. The fraction of sp³-hybridized carbons (Fsp3) is 0.400. The molecule has 112 valence electrons. The Hall–Kier alpha value is -0.210. The van der Waals surface area contributed by atoms with Crippen molar-refractivity contribution in [2.45, 2.75) is 17.7 Å². The van der Waals surface area contributed by atoms with Gasteiger partial charge in [-0.25, -0.2) is 16.8 Å². The van der Waals surface area contributed by atoms with Crippen LogP contribution in [-0.2, 0) is 19.1 Å². The number of anilines is 1. The van der Waals surface area contributed by atoms with E-state index in [4.69, 9.17) is 33.9 Å². The molecule has 1 fully saturated rings. The summed E-state index contributed by atoms with van der Waals surface area (Å²) in [7, 11) is -2.38. The maximum absolute atomic E-state index is 11.9. The van der Waals surface area contributed by atoms with Crippen molar-refractivity contribution in [1.29, 1.82) is 0 Å². The van der Waals surface area contributed by atoms with E-state index in [0.29, 0.717) is 0 Å². The monoisotopic (exact) mass is 377 g/mol. The van der Waals surface area contributed by atoms with Crippen molar-refractivity contribution in [3.63, 3.8) is 0 Å². The van der Waals surface area contributed by atoms with Crippen LogP contribution in [0.2, 0.25) is 10.0 Å². The van der Waals surface area contributed by atoms with Crippen LogP contribution in [0.15, 0.2) is 17.0 Å². The number of sulfonamides is 1. The third-order valence-corrected chi connectivity index (χ3v) is 6.06. The van der Waals surface area contributed by atoms with Gasteiger partial charge in [-0.15, -0.1) is 0 Å². The Morgan fingerprint density at radius 1 is 1.10 bits per heavy atom. The second-order valence-electron chi connectivity index (χ2n) is 4.53. The molecular weight excluding hydrogens is 369 g/mol. The molecule has 0 spiro atoms. The highest BCUT2D eigenvalue weighted by Gasteiger charge is 2.29. The quantitative estimate of drug-likeness (QED) is 0.798. The van der Waals surface area contributed by atoms with E-state index in [1.165, 1.54) is 0 Å². The summed E-state index contributed by atoms with van der Waals surface area (Å²) in [5.41, 5.74) is -0.0435. The molecule has 1 N–H and O–H groups in total. The van der Waals surface area contributed by atoms with E-state index in [1.54, 1.807) is 0 Å². The first-order valence-corrected chi connectivity index (χ1v) is 10.2. The molecule has 10 heteroatoms. The standard InChI is InChI=1S/C10H10Cl3NO4S2/c11-8-3-7(20(13,17)18)4-9(12)10(8)14-19(15,16)5-6-1-2-6/h3-4,6,14H,1-2,5H2. The molecule has 1 saturated carbocycles. The first-order valence-electron chi connectivity index (χ1n) is 5.53. The summed E-state index contributed by atoms with van der Waals surface area (Å²) in [5, 5.41) is -0.257. The molecule has 5 nitrogen and oxygen atoms in total. The number of hydrogen-bond acceptors (Lipinski definition) is 4. The number of hydrogen-bond donors (Lipinski definition) is 1. The van der Waals surface area contributed by atoms with Crippen molar-refractivity contribution in [2.75, 3.05) is 10.5 Å². The number of nitrogens with one attached hydrogen (secondary N) is 1. The topological polar surface area (TPSA) is 80.3 Å². The fourth-order valence-corrected chi connectivity index (χ4v) is 4.76. The summed E-state index contributed by atoms with van der Waals surface area (Å²) in [5.74, 6) is 0.155. The van der Waals surface area contributed by atoms with Gasteiger partial charge in [-0.2, -0.15) is 0 Å². The van der Waals surface area contributed by atoms with Gasteiger partial charge in [0.1, 0.15) is 0 Å². The van der Waals surface area contributed by atoms with E-state index < -0.39 is 19.1 Å². The molecule has 20 heavy (non-hydrogen) atoms. The van der Waals surface area contributed by atoms with Crippen molar-refractivity contribution in [2.24, 2.45) is 5.92 Å². The third kappa shape index (κ3) is 4.14. The van der Waals surface area contributed by atoms with Crippen LogP contribution in [0.25, 0.3) is 0 Å². The van der Waals surface area contributed by atoms with Crippen molar-refractivity contribution in [3.05, 3.63) is 22.2 Å². The van der Waals surface area contributed by atoms with Gasteiger partial charge in [0.15, 0.2) is 0 Å². The van der Waals surface area contributed by atoms with Gasteiger partial charge in [0, 0.05) is 10.7 Å². The highest BCUT2D eigenvalue weighted by Crippen LogP contribution is 2.36. The SMILES string of the molecule is O=S(=O)(CC1CC1)Nc1c(Cl)cc(S(=O)(=O)Cl)cc1Cl. The number of rotatable bonds is 5. The molecule has 0 aromatic heterocycles. The summed E-state index contributed by atoms with van der Waals surface area (Å²) in [6.07, 6.45) is 1.76. The largest absolute Gasteiger partial charge is 0.281 e. The predicted octanol–water partition coefficient (Wildman–Crippen LogP) is 3.07. The van der Waals surface area contributed by atoms with E-state index in [-0.39, 0.29) is 32.3 Å². The molecule has 1 aromatic carbocycles. The maximum atomic E-state index is 11.9. The van der Waals surface area contributed by atoms with Gasteiger partial charge >= 0.3 is 0 Å². The number of benzene rings is 1. The average Bonchev–Trinajstić information content (AvgIpc) is 3.05. The first-order chi connectivity index (χ1) is 9.08. The molecule has 0 saturated heterocycles. The number of halogens is 3. The second-order valence-corrected chi connectivity index (χ2v) is 9.67. The van der Waals surface area contributed by atoms with Gasteiger partial charge in [-0.3, -0.25) is 4.72 Å². The zero-order valence-corrected chi connectivity index (χ0v) is 13.8. The lowest BCUT2D eigenvalue weighted by Gasteiger charge is -2.12. The molecule has 0 aliphatic heterocycles. The highest BCUT2D eigenvalue weighted by molar-refractivity contribution is 8.13. The molecule has 0 atom stereocenters. The van der Waals surface area contributed by atoms with Crippen LogP contribution in [0.5, 0.6) is 0 Å². The lowest BCUT2D eigenvalue weighted by atomic mass is 10.3. The van der Waals surface area contributed by atoms with Gasteiger partial charge in [0.2, 0.25) is 10.0 Å². The molecule has 0 amide bonds. The highest BCUT2D eigenvalue weighted by atomic mass is 35.7. The summed E-state index contributed by atoms with van der Waals surface area (Å²) >= 11 is 11.7. The Morgan fingerprint density at radius 2 is 1.60 bits per heavy atom. The van der Waals surface area contributed by atoms with Crippen LogP contribution in [0.1, 0.15) is 12.8 Å². The van der Waals surface area contributed by atoms with E-state index >= 15 is 0 Å². The zero-order valence-electron chi connectivity index (χ0n) is 9.94. The Bertz CT molecular complexity index is 719. The summed E-state index contributed by atoms with van der Waals surface area (Å²) in [6, 6.07) is 2.09. The lowest BCUT2D eigenvalue weighted by Crippen LogP contribution is -2.18. The molecule has 2 rings (SSSR count). The summed E-state index contributed by atoms with van der Waals surface area (Å²) < 4.78 is 48.4. The van der Waals surface area contributed by atoms with E-state index in [9.17, 15) is 16.8 Å². The van der Waals surface area contributed by atoms with Crippen LogP contribution in [-0.4, -0.2) is 22.6 Å². The first kappa shape index (κ1) is 16.2. The summed E-state index contributed by atoms with van der Waals surface area (Å²) in [4.78, 5) is -0.292. The second kappa shape index (κ2) is 5.53. The van der Waals surface area contributed by atoms with Gasteiger partial charge in [0.05, 0.1) is 26.4 Å². The lowest BCUT2D eigenvalue weighted by molar-refractivity contribution is 0.597. The Morgan fingerprint density at radius 3 is 2.00 bits per heavy atom. The van der Waals surface area contributed by atoms with Crippen molar-refractivity contribution < 1.29 is 16.8 Å². The van der Waals surface area contributed by atoms with E-state index in [1.807, 2.05) is 0 Å². The van der Waals surface area contributed by atoms with Crippen LogP contribution in [0, 0.1) is 5.92 Å². The molecular formula is C10H10Cl3NO4S2. The molecule has 1 aromatic rings. The predicted molar refractivity (Wildman–Crippen MR) is 79.6 cm³/mol. The van der Waals surface area contributed by atoms with E-state index in [2.05, 4.69) is 4.72 Å². The van der Waals surface area contributed by atoms with Crippen LogP contribution >= 0.6 is 33.9 Å². The van der Waals surface area contributed by atoms with Crippen molar-refractivity contribution >= 4 is 58.6 Å². The fourth-order valence-electron chi connectivity index (χ4n) is 1.58. The van der Waals surface area contributed by atoms with Gasteiger partial charge in [-0.1, -0.05) is 23.2 Å². The average molecular weight is 379 g/mol. The van der Waals surface area contributed by atoms with Gasteiger partial charge in [-0.05, 0) is 30.9 Å².